The lowest BCUT2D eigenvalue weighted by Gasteiger charge is -2.16. The fourth-order valence-electron chi connectivity index (χ4n) is 1.52. The SMILES string of the molecule is CC1(c2ccc(Br)s2)CC(=O)NC1=O. The Hall–Kier alpha value is -0.680. The Kier molecular flexibility index (Phi) is 2.23. The number of halogens is 1. The largest absolute Gasteiger partial charge is 0.296 e. The van der Waals surface area contributed by atoms with Gasteiger partial charge in [0.05, 0.1) is 9.20 Å². The molecule has 0 spiro atoms. The van der Waals surface area contributed by atoms with Gasteiger partial charge in [-0.15, -0.1) is 11.3 Å². The van der Waals surface area contributed by atoms with Crippen molar-refractivity contribution in [2.24, 2.45) is 0 Å². The van der Waals surface area contributed by atoms with Crippen molar-refractivity contribution in [1.82, 2.24) is 5.32 Å². The standard InChI is InChI=1S/C9H8BrNO2S/c1-9(4-7(12)11-8(9)13)5-2-3-6(10)14-5/h2-3H,4H2,1H3,(H,11,12,13). The van der Waals surface area contributed by atoms with Crippen LogP contribution in [0.5, 0.6) is 0 Å². The molecule has 0 saturated carbocycles. The van der Waals surface area contributed by atoms with E-state index in [2.05, 4.69) is 21.2 Å². The van der Waals surface area contributed by atoms with Crippen molar-refractivity contribution < 1.29 is 9.59 Å². The number of nitrogens with one attached hydrogen (secondary N) is 1. The molecule has 1 saturated heterocycles. The Labute approximate surface area is 93.6 Å². The molecule has 2 heterocycles. The van der Waals surface area contributed by atoms with E-state index in [1.54, 1.807) is 6.92 Å². The molecule has 5 heteroatoms. The first-order valence-corrected chi connectivity index (χ1v) is 5.73. The fraction of sp³-hybridized carbons (Fsp3) is 0.333. The Bertz CT molecular complexity index is 415. The smallest absolute Gasteiger partial charge is 0.238 e. The van der Waals surface area contributed by atoms with Gasteiger partial charge >= 0.3 is 0 Å². The van der Waals surface area contributed by atoms with E-state index in [1.807, 2.05) is 12.1 Å². The molecule has 2 rings (SSSR count). The predicted molar refractivity (Wildman–Crippen MR) is 57.1 cm³/mol. The Morgan fingerprint density at radius 1 is 1.50 bits per heavy atom. The lowest BCUT2D eigenvalue weighted by atomic mass is 9.87. The Morgan fingerprint density at radius 2 is 2.21 bits per heavy atom. The number of amides is 2. The summed E-state index contributed by atoms with van der Waals surface area (Å²) in [5.41, 5.74) is -0.673. The summed E-state index contributed by atoms with van der Waals surface area (Å²) in [6.45, 7) is 1.80. The van der Waals surface area contributed by atoms with E-state index in [9.17, 15) is 9.59 Å². The number of carbonyl (C=O) groups excluding carboxylic acids is 2. The van der Waals surface area contributed by atoms with Crippen LogP contribution in [0.4, 0.5) is 0 Å². The first-order valence-electron chi connectivity index (χ1n) is 4.12. The Balaban J connectivity index is 2.42. The zero-order valence-electron chi connectivity index (χ0n) is 7.46. The van der Waals surface area contributed by atoms with E-state index in [-0.39, 0.29) is 18.2 Å². The van der Waals surface area contributed by atoms with Gasteiger partial charge in [-0.2, -0.15) is 0 Å². The van der Waals surface area contributed by atoms with Gasteiger partial charge in [-0.3, -0.25) is 14.9 Å². The van der Waals surface area contributed by atoms with Gasteiger partial charge in [-0.1, -0.05) is 0 Å². The van der Waals surface area contributed by atoms with Crippen LogP contribution in [0, 0.1) is 0 Å². The van der Waals surface area contributed by atoms with Crippen LogP contribution in [0.25, 0.3) is 0 Å². The molecule has 1 N–H and O–H groups in total. The number of hydrogen-bond donors (Lipinski definition) is 1. The highest BCUT2D eigenvalue weighted by molar-refractivity contribution is 9.11. The molecule has 2 amide bonds. The van der Waals surface area contributed by atoms with E-state index in [0.717, 1.165) is 8.66 Å². The monoisotopic (exact) mass is 273 g/mol. The molecule has 14 heavy (non-hydrogen) atoms. The molecule has 0 bridgehead atoms. The van der Waals surface area contributed by atoms with Crippen LogP contribution in [-0.2, 0) is 15.0 Å². The minimum atomic E-state index is -0.673. The summed E-state index contributed by atoms with van der Waals surface area (Å²) < 4.78 is 0.973. The van der Waals surface area contributed by atoms with Crippen LogP contribution in [0.15, 0.2) is 15.9 Å². The van der Waals surface area contributed by atoms with Gasteiger partial charge in [0.1, 0.15) is 0 Å². The van der Waals surface area contributed by atoms with Crippen molar-refractivity contribution in [3.8, 4) is 0 Å². The highest BCUT2D eigenvalue weighted by Gasteiger charge is 2.44. The molecular formula is C9H8BrNO2S. The van der Waals surface area contributed by atoms with Gasteiger partial charge in [0.25, 0.3) is 0 Å². The van der Waals surface area contributed by atoms with Crippen molar-refractivity contribution in [1.29, 1.82) is 0 Å². The van der Waals surface area contributed by atoms with Gasteiger partial charge < -0.3 is 0 Å². The minimum absolute atomic E-state index is 0.193. The summed E-state index contributed by atoms with van der Waals surface area (Å²) in [4.78, 5) is 23.6. The molecule has 1 atom stereocenters. The van der Waals surface area contributed by atoms with Crippen LogP contribution in [0.1, 0.15) is 18.2 Å². The molecule has 0 aromatic carbocycles. The molecule has 1 aromatic rings. The summed E-state index contributed by atoms with van der Waals surface area (Å²) in [5.74, 6) is -0.390. The third-order valence-electron chi connectivity index (χ3n) is 2.39. The first kappa shape index (κ1) is 9.86. The van der Waals surface area contributed by atoms with Crippen molar-refractivity contribution in [3.05, 3.63) is 20.8 Å². The van der Waals surface area contributed by atoms with Crippen molar-refractivity contribution in [3.63, 3.8) is 0 Å². The zero-order chi connectivity index (χ0) is 10.3. The zero-order valence-corrected chi connectivity index (χ0v) is 9.87. The van der Waals surface area contributed by atoms with Crippen molar-refractivity contribution in [2.75, 3.05) is 0 Å². The van der Waals surface area contributed by atoms with Crippen molar-refractivity contribution >= 4 is 39.1 Å². The maximum atomic E-state index is 11.6. The number of thiophene rings is 1. The average molecular weight is 274 g/mol. The van der Waals surface area contributed by atoms with Crippen LogP contribution in [0.3, 0.4) is 0 Å². The van der Waals surface area contributed by atoms with E-state index in [4.69, 9.17) is 0 Å². The van der Waals surface area contributed by atoms with E-state index in [0.29, 0.717) is 0 Å². The second kappa shape index (κ2) is 3.17. The second-order valence-corrected chi connectivity index (χ2v) is 5.95. The molecule has 74 valence electrons. The molecule has 3 nitrogen and oxygen atoms in total. The van der Waals surface area contributed by atoms with E-state index < -0.39 is 5.41 Å². The molecule has 0 radical (unpaired) electrons. The van der Waals surface area contributed by atoms with Gasteiger partial charge in [0.2, 0.25) is 11.8 Å². The van der Waals surface area contributed by atoms with E-state index in [1.165, 1.54) is 11.3 Å². The fourth-order valence-corrected chi connectivity index (χ4v) is 3.05. The summed E-state index contributed by atoms with van der Waals surface area (Å²) in [6, 6.07) is 3.77. The maximum Gasteiger partial charge on any atom is 0.238 e. The first-order chi connectivity index (χ1) is 6.52. The topological polar surface area (TPSA) is 46.2 Å². The average Bonchev–Trinajstić information content (AvgIpc) is 2.59. The highest BCUT2D eigenvalue weighted by Crippen LogP contribution is 2.37. The van der Waals surface area contributed by atoms with Gasteiger partial charge in [0, 0.05) is 11.3 Å². The number of rotatable bonds is 1. The third kappa shape index (κ3) is 1.40. The highest BCUT2D eigenvalue weighted by atomic mass is 79.9. The molecule has 1 unspecified atom stereocenters. The van der Waals surface area contributed by atoms with Crippen LogP contribution >= 0.6 is 27.3 Å². The molecule has 1 aliphatic heterocycles. The lowest BCUT2D eigenvalue weighted by Crippen LogP contribution is -2.31. The number of carbonyl (C=O) groups is 2. The third-order valence-corrected chi connectivity index (χ3v) is 4.27. The van der Waals surface area contributed by atoms with Gasteiger partial charge in [0.15, 0.2) is 0 Å². The summed E-state index contributed by atoms with van der Waals surface area (Å²) in [7, 11) is 0. The molecular weight excluding hydrogens is 266 g/mol. The summed E-state index contributed by atoms with van der Waals surface area (Å²) in [5, 5.41) is 2.33. The van der Waals surface area contributed by atoms with E-state index >= 15 is 0 Å². The molecule has 1 aromatic heterocycles. The van der Waals surface area contributed by atoms with Crippen LogP contribution < -0.4 is 5.32 Å². The quantitative estimate of drug-likeness (QED) is 0.794. The molecule has 1 fully saturated rings. The normalized spacial score (nSPS) is 26.7. The number of hydrogen-bond acceptors (Lipinski definition) is 3. The predicted octanol–water partition coefficient (Wildman–Crippen LogP) is 1.81. The lowest BCUT2D eigenvalue weighted by molar-refractivity contribution is -0.126. The summed E-state index contributed by atoms with van der Waals surface area (Å²) in [6.07, 6.45) is 0.249. The van der Waals surface area contributed by atoms with Crippen LogP contribution in [-0.4, -0.2) is 11.8 Å². The van der Waals surface area contributed by atoms with Crippen LogP contribution in [0.2, 0.25) is 0 Å². The van der Waals surface area contributed by atoms with Crippen molar-refractivity contribution in [2.45, 2.75) is 18.8 Å². The second-order valence-electron chi connectivity index (χ2n) is 3.49. The molecule has 0 aliphatic carbocycles. The van der Waals surface area contributed by atoms with Gasteiger partial charge in [-0.25, -0.2) is 0 Å². The molecule has 1 aliphatic rings. The maximum absolute atomic E-state index is 11.6. The minimum Gasteiger partial charge on any atom is -0.296 e. The van der Waals surface area contributed by atoms with Gasteiger partial charge in [-0.05, 0) is 35.0 Å². The summed E-state index contributed by atoms with van der Waals surface area (Å²) >= 11 is 4.83. The Morgan fingerprint density at radius 3 is 2.64 bits per heavy atom. The number of imide groups is 1.